The minimum absolute atomic E-state index is 0.211. The van der Waals surface area contributed by atoms with Gasteiger partial charge in [-0.3, -0.25) is 9.89 Å². The monoisotopic (exact) mass is 243 g/mol. The van der Waals surface area contributed by atoms with Crippen LogP contribution in [-0.4, -0.2) is 32.4 Å². The number of H-pyrrole nitrogens is 1. The molecule has 5 heteroatoms. The van der Waals surface area contributed by atoms with Crippen LogP contribution in [0.2, 0.25) is 0 Å². The van der Waals surface area contributed by atoms with Gasteiger partial charge < -0.3 is 4.90 Å². The van der Waals surface area contributed by atoms with Gasteiger partial charge in [0.25, 0.3) is 0 Å². The van der Waals surface area contributed by atoms with E-state index in [4.69, 9.17) is 0 Å². The summed E-state index contributed by atoms with van der Waals surface area (Å²) in [4.78, 5) is 13.5. The second kappa shape index (κ2) is 3.49. The number of carbonyl (C=O) groups is 1. The van der Waals surface area contributed by atoms with Crippen LogP contribution in [0.4, 0.5) is 0 Å². The summed E-state index contributed by atoms with van der Waals surface area (Å²) in [6.07, 6.45) is 4.17. The quantitative estimate of drug-likeness (QED) is 0.786. The third-order valence-corrected chi connectivity index (χ3v) is 2.71. The Labute approximate surface area is 84.4 Å². The van der Waals surface area contributed by atoms with E-state index in [0.29, 0.717) is 17.8 Å². The summed E-state index contributed by atoms with van der Waals surface area (Å²) >= 11 is 3.44. The number of aromatic amines is 1. The van der Waals surface area contributed by atoms with Gasteiger partial charge in [-0.2, -0.15) is 5.10 Å². The van der Waals surface area contributed by atoms with Crippen LogP contribution in [0.5, 0.6) is 0 Å². The predicted molar refractivity (Wildman–Crippen MR) is 51.3 cm³/mol. The number of halogens is 1. The Hall–Kier alpha value is -0.840. The van der Waals surface area contributed by atoms with Gasteiger partial charge in [0, 0.05) is 36.1 Å². The summed E-state index contributed by atoms with van der Waals surface area (Å²) in [5, 5.41) is 6.56. The van der Waals surface area contributed by atoms with E-state index in [-0.39, 0.29) is 5.91 Å². The molecule has 1 aliphatic rings. The maximum absolute atomic E-state index is 11.4. The highest BCUT2D eigenvalue weighted by Gasteiger charge is 2.27. The number of nitrogens with zero attached hydrogens (tertiary/aromatic N) is 2. The fourth-order valence-corrected chi connectivity index (χ4v) is 2.09. The van der Waals surface area contributed by atoms with Crippen molar-refractivity contribution in [3.63, 3.8) is 0 Å². The van der Waals surface area contributed by atoms with Crippen molar-refractivity contribution < 1.29 is 4.79 Å². The first-order valence-corrected chi connectivity index (χ1v) is 5.07. The molecule has 0 aliphatic carbocycles. The highest BCUT2D eigenvalue weighted by Crippen LogP contribution is 2.19. The van der Waals surface area contributed by atoms with Gasteiger partial charge >= 0.3 is 0 Å². The Morgan fingerprint density at radius 1 is 1.77 bits per heavy atom. The van der Waals surface area contributed by atoms with Crippen molar-refractivity contribution >= 4 is 21.8 Å². The van der Waals surface area contributed by atoms with Crippen molar-refractivity contribution in [1.82, 2.24) is 15.1 Å². The number of carbonyl (C=O) groups excluding carboxylic acids is 1. The maximum atomic E-state index is 11.4. The molecule has 1 fully saturated rings. The molecule has 0 radical (unpaired) electrons. The number of amides is 1. The van der Waals surface area contributed by atoms with Crippen molar-refractivity contribution in [3.05, 3.63) is 18.0 Å². The second-order valence-corrected chi connectivity index (χ2v) is 4.48. The van der Waals surface area contributed by atoms with E-state index in [1.54, 1.807) is 6.20 Å². The number of hydrogen-bond acceptors (Lipinski definition) is 2. The minimum atomic E-state index is 0.211. The lowest BCUT2D eigenvalue weighted by atomic mass is 10.3. The van der Waals surface area contributed by atoms with Crippen molar-refractivity contribution in [2.75, 3.05) is 6.54 Å². The summed E-state index contributed by atoms with van der Waals surface area (Å²) in [7, 11) is 0. The van der Waals surface area contributed by atoms with E-state index in [2.05, 4.69) is 26.1 Å². The number of alkyl halides is 1. The molecule has 1 atom stereocenters. The van der Waals surface area contributed by atoms with Crippen LogP contribution in [0.1, 0.15) is 12.0 Å². The Bertz CT molecular complexity index is 298. The lowest BCUT2D eigenvalue weighted by Crippen LogP contribution is -2.24. The first-order valence-electron chi connectivity index (χ1n) is 4.15. The Balaban J connectivity index is 1.99. The average molecular weight is 244 g/mol. The first-order chi connectivity index (χ1) is 6.25. The zero-order chi connectivity index (χ0) is 9.26. The van der Waals surface area contributed by atoms with Gasteiger partial charge in [-0.05, 0) is 0 Å². The summed E-state index contributed by atoms with van der Waals surface area (Å²) in [6, 6.07) is 0. The molecule has 2 heterocycles. The third kappa shape index (κ3) is 1.91. The van der Waals surface area contributed by atoms with Gasteiger partial charge in [0.15, 0.2) is 0 Å². The normalized spacial score (nSPS) is 22.7. The van der Waals surface area contributed by atoms with Gasteiger partial charge in [-0.1, -0.05) is 15.9 Å². The molecule has 0 aromatic carbocycles. The highest BCUT2D eigenvalue weighted by molar-refractivity contribution is 9.09. The Kier molecular flexibility index (Phi) is 2.35. The predicted octanol–water partition coefficient (Wildman–Crippen LogP) is 0.905. The molecule has 0 spiro atoms. The van der Waals surface area contributed by atoms with Crippen LogP contribution < -0.4 is 0 Å². The molecule has 0 saturated carbocycles. The summed E-state index contributed by atoms with van der Waals surface area (Å²) in [6.45, 7) is 1.46. The van der Waals surface area contributed by atoms with Crippen LogP contribution in [0, 0.1) is 0 Å². The number of hydrogen-bond donors (Lipinski definition) is 1. The van der Waals surface area contributed by atoms with E-state index in [1.165, 1.54) is 0 Å². The summed E-state index contributed by atoms with van der Waals surface area (Å²) < 4.78 is 0. The summed E-state index contributed by atoms with van der Waals surface area (Å²) in [5.74, 6) is 0.211. The Morgan fingerprint density at radius 2 is 2.62 bits per heavy atom. The molecular formula is C8H10BrN3O. The van der Waals surface area contributed by atoms with E-state index < -0.39 is 0 Å². The molecule has 13 heavy (non-hydrogen) atoms. The number of nitrogens with one attached hydrogen (secondary N) is 1. The van der Waals surface area contributed by atoms with Crippen molar-refractivity contribution in [1.29, 1.82) is 0 Å². The molecule has 1 unspecified atom stereocenters. The van der Waals surface area contributed by atoms with Gasteiger partial charge in [-0.15, -0.1) is 0 Å². The van der Waals surface area contributed by atoms with E-state index >= 15 is 0 Å². The first kappa shape index (κ1) is 8.74. The zero-order valence-corrected chi connectivity index (χ0v) is 8.62. The molecule has 1 N–H and O–H groups in total. The van der Waals surface area contributed by atoms with Crippen LogP contribution in [0.15, 0.2) is 12.4 Å². The van der Waals surface area contributed by atoms with Crippen LogP contribution in [0.3, 0.4) is 0 Å². The smallest absolute Gasteiger partial charge is 0.224 e. The largest absolute Gasteiger partial charge is 0.337 e. The fraction of sp³-hybridized carbons (Fsp3) is 0.500. The van der Waals surface area contributed by atoms with Crippen LogP contribution >= 0.6 is 15.9 Å². The summed E-state index contributed by atoms with van der Waals surface area (Å²) in [5.41, 5.74) is 1.05. The maximum Gasteiger partial charge on any atom is 0.224 e. The van der Waals surface area contributed by atoms with Gasteiger partial charge in [-0.25, -0.2) is 0 Å². The number of rotatable bonds is 2. The number of aromatic nitrogens is 2. The molecule has 4 nitrogen and oxygen atoms in total. The molecule has 1 aliphatic heterocycles. The lowest BCUT2D eigenvalue weighted by molar-refractivity contribution is -0.128. The van der Waals surface area contributed by atoms with Crippen molar-refractivity contribution in [3.8, 4) is 0 Å². The molecule has 2 rings (SSSR count). The third-order valence-electron chi connectivity index (χ3n) is 2.10. The zero-order valence-electron chi connectivity index (χ0n) is 7.03. The fourth-order valence-electron chi connectivity index (χ4n) is 1.46. The molecule has 1 saturated heterocycles. The molecule has 0 bridgehead atoms. The topological polar surface area (TPSA) is 49.0 Å². The van der Waals surface area contributed by atoms with Crippen molar-refractivity contribution in [2.45, 2.75) is 17.8 Å². The van der Waals surface area contributed by atoms with Crippen LogP contribution in [0.25, 0.3) is 0 Å². The van der Waals surface area contributed by atoms with Gasteiger partial charge in [0.1, 0.15) is 0 Å². The highest BCUT2D eigenvalue weighted by atomic mass is 79.9. The minimum Gasteiger partial charge on any atom is -0.337 e. The van der Waals surface area contributed by atoms with E-state index in [1.807, 2.05) is 11.1 Å². The standard InChI is InChI=1S/C8H10BrN3O/c9-7-1-8(13)12(5-7)4-6-2-10-11-3-6/h2-3,7H,1,4-5H2,(H,10,11). The van der Waals surface area contributed by atoms with Gasteiger partial charge in [0.05, 0.1) is 6.20 Å². The van der Waals surface area contributed by atoms with E-state index in [9.17, 15) is 4.79 Å². The second-order valence-electron chi connectivity index (χ2n) is 3.18. The lowest BCUT2D eigenvalue weighted by Gasteiger charge is -2.13. The van der Waals surface area contributed by atoms with Crippen molar-refractivity contribution in [2.24, 2.45) is 0 Å². The Morgan fingerprint density at radius 3 is 3.15 bits per heavy atom. The SMILES string of the molecule is O=C1CC(Br)CN1Cc1cn[nH]c1. The molecule has 1 aromatic heterocycles. The molecule has 1 aromatic rings. The molecular weight excluding hydrogens is 234 g/mol. The average Bonchev–Trinajstić information content (AvgIpc) is 2.63. The van der Waals surface area contributed by atoms with E-state index in [0.717, 1.165) is 12.1 Å². The van der Waals surface area contributed by atoms with Crippen LogP contribution in [-0.2, 0) is 11.3 Å². The number of likely N-dealkylation sites (tertiary alicyclic amines) is 1. The molecule has 1 amide bonds. The molecule has 70 valence electrons. The van der Waals surface area contributed by atoms with Gasteiger partial charge in [0.2, 0.25) is 5.91 Å².